The molecule has 0 N–H and O–H groups in total. The summed E-state index contributed by atoms with van der Waals surface area (Å²) in [5.74, 6) is 0. The molecule has 0 aromatic heterocycles. The summed E-state index contributed by atoms with van der Waals surface area (Å²) >= 11 is 0. The summed E-state index contributed by atoms with van der Waals surface area (Å²) in [5, 5.41) is 0. The Kier molecular flexibility index (Phi) is 5.17. The van der Waals surface area contributed by atoms with Gasteiger partial charge in [0, 0.05) is 19.5 Å². The highest BCUT2D eigenvalue weighted by Gasteiger charge is 2.14. The number of hydrogen-bond donors (Lipinski definition) is 0. The number of ether oxygens (including phenoxy) is 2. The van der Waals surface area contributed by atoms with Crippen LogP contribution in [0.3, 0.4) is 0 Å². The average Bonchev–Trinajstić information content (AvgIpc) is 2.40. The van der Waals surface area contributed by atoms with Crippen LogP contribution in [0.15, 0.2) is 24.3 Å². The number of benzene rings is 1. The first-order valence-corrected chi connectivity index (χ1v) is 6.71. The van der Waals surface area contributed by atoms with Crippen molar-refractivity contribution in [3.63, 3.8) is 0 Å². The molecular weight excluding hydrogens is 226 g/mol. The predicted molar refractivity (Wildman–Crippen MR) is 72.4 cm³/mol. The topological polar surface area (TPSA) is 21.7 Å². The highest BCUT2D eigenvalue weighted by Crippen LogP contribution is 2.11. The molecule has 100 valence electrons. The summed E-state index contributed by atoms with van der Waals surface area (Å²) in [5.41, 5.74) is 2.67. The first-order chi connectivity index (χ1) is 8.74. The highest BCUT2D eigenvalue weighted by molar-refractivity contribution is 5.21. The van der Waals surface area contributed by atoms with Crippen molar-refractivity contribution in [2.45, 2.75) is 32.6 Å². The van der Waals surface area contributed by atoms with E-state index in [9.17, 15) is 0 Å². The molecule has 0 amide bonds. The van der Waals surface area contributed by atoms with E-state index in [0.717, 1.165) is 39.1 Å². The largest absolute Gasteiger partial charge is 0.353 e. The molecule has 1 saturated heterocycles. The summed E-state index contributed by atoms with van der Waals surface area (Å²) in [4.78, 5) is 2.31. The Morgan fingerprint density at radius 1 is 1.17 bits per heavy atom. The molecule has 3 nitrogen and oxygen atoms in total. The molecule has 1 aromatic carbocycles. The van der Waals surface area contributed by atoms with Gasteiger partial charge in [0.25, 0.3) is 0 Å². The minimum atomic E-state index is -0.000724. The number of hydrogen-bond acceptors (Lipinski definition) is 3. The number of aryl methyl sites for hydroxylation is 1. The average molecular weight is 249 g/mol. The van der Waals surface area contributed by atoms with Crippen LogP contribution in [0.1, 0.15) is 24.0 Å². The number of nitrogens with zero attached hydrogens (tertiary/aromatic N) is 1. The van der Waals surface area contributed by atoms with Crippen LogP contribution >= 0.6 is 0 Å². The quantitative estimate of drug-likeness (QED) is 0.800. The zero-order valence-corrected chi connectivity index (χ0v) is 11.4. The second-order valence-corrected chi connectivity index (χ2v) is 5.04. The molecular formula is C15H23NO2. The lowest BCUT2D eigenvalue weighted by Crippen LogP contribution is -2.29. The Morgan fingerprint density at radius 2 is 1.83 bits per heavy atom. The van der Waals surface area contributed by atoms with Gasteiger partial charge in [-0.2, -0.15) is 0 Å². The van der Waals surface area contributed by atoms with Gasteiger partial charge < -0.3 is 14.4 Å². The van der Waals surface area contributed by atoms with Crippen LogP contribution in [0.25, 0.3) is 0 Å². The molecule has 1 aliphatic rings. The SMILES string of the molecule is Cc1ccc(CN(C)CCC2OCCCO2)cc1. The maximum Gasteiger partial charge on any atom is 0.158 e. The van der Waals surface area contributed by atoms with Crippen molar-refractivity contribution in [3.8, 4) is 0 Å². The molecule has 1 fully saturated rings. The van der Waals surface area contributed by atoms with Gasteiger partial charge in [-0.05, 0) is 26.0 Å². The van der Waals surface area contributed by atoms with E-state index in [1.54, 1.807) is 0 Å². The van der Waals surface area contributed by atoms with Crippen LogP contribution in [0.5, 0.6) is 0 Å². The molecule has 0 spiro atoms. The summed E-state index contributed by atoms with van der Waals surface area (Å²) in [6.45, 7) is 5.77. The summed E-state index contributed by atoms with van der Waals surface area (Å²) in [6.07, 6.45) is 1.97. The third-order valence-electron chi connectivity index (χ3n) is 3.22. The van der Waals surface area contributed by atoms with Gasteiger partial charge in [-0.25, -0.2) is 0 Å². The van der Waals surface area contributed by atoms with Gasteiger partial charge in [0.05, 0.1) is 13.2 Å². The Hall–Kier alpha value is -0.900. The molecule has 1 heterocycles. The van der Waals surface area contributed by atoms with Crippen LogP contribution in [0.4, 0.5) is 0 Å². The minimum Gasteiger partial charge on any atom is -0.353 e. The standard InChI is InChI=1S/C15H23NO2/c1-13-4-6-14(7-5-13)12-16(2)9-8-15-17-10-3-11-18-15/h4-7,15H,3,8-12H2,1-2H3. The first kappa shape index (κ1) is 13.5. The summed E-state index contributed by atoms with van der Waals surface area (Å²) in [7, 11) is 2.14. The van der Waals surface area contributed by atoms with E-state index >= 15 is 0 Å². The lowest BCUT2D eigenvalue weighted by molar-refractivity contribution is -0.182. The van der Waals surface area contributed by atoms with Gasteiger partial charge in [-0.15, -0.1) is 0 Å². The van der Waals surface area contributed by atoms with Crippen molar-refractivity contribution in [3.05, 3.63) is 35.4 Å². The molecule has 1 aliphatic heterocycles. The smallest absolute Gasteiger partial charge is 0.158 e. The molecule has 0 bridgehead atoms. The zero-order valence-electron chi connectivity index (χ0n) is 11.4. The Balaban J connectivity index is 1.71. The van der Waals surface area contributed by atoms with Crippen molar-refractivity contribution in [2.75, 3.05) is 26.8 Å². The normalized spacial score (nSPS) is 17.3. The Bertz CT molecular complexity index is 344. The summed E-state index contributed by atoms with van der Waals surface area (Å²) < 4.78 is 11.1. The molecule has 0 radical (unpaired) electrons. The van der Waals surface area contributed by atoms with Crippen molar-refractivity contribution < 1.29 is 9.47 Å². The van der Waals surface area contributed by atoms with Crippen LogP contribution in [-0.4, -0.2) is 38.0 Å². The molecule has 2 rings (SSSR count). The molecule has 18 heavy (non-hydrogen) atoms. The molecule has 0 saturated carbocycles. The lowest BCUT2D eigenvalue weighted by atomic mass is 10.1. The van der Waals surface area contributed by atoms with Gasteiger partial charge >= 0.3 is 0 Å². The van der Waals surface area contributed by atoms with Crippen molar-refractivity contribution in [2.24, 2.45) is 0 Å². The van der Waals surface area contributed by atoms with Crippen molar-refractivity contribution >= 4 is 0 Å². The monoisotopic (exact) mass is 249 g/mol. The zero-order chi connectivity index (χ0) is 12.8. The maximum absolute atomic E-state index is 5.55. The van der Waals surface area contributed by atoms with Crippen LogP contribution in [0.2, 0.25) is 0 Å². The fourth-order valence-electron chi connectivity index (χ4n) is 2.11. The molecule has 0 unspecified atom stereocenters. The minimum absolute atomic E-state index is 0.000724. The van der Waals surface area contributed by atoms with E-state index in [2.05, 4.69) is 43.1 Å². The van der Waals surface area contributed by atoms with Crippen molar-refractivity contribution in [1.29, 1.82) is 0 Å². The van der Waals surface area contributed by atoms with Gasteiger partial charge in [0.2, 0.25) is 0 Å². The second kappa shape index (κ2) is 6.88. The fourth-order valence-corrected chi connectivity index (χ4v) is 2.11. The van der Waals surface area contributed by atoms with Gasteiger partial charge in [-0.3, -0.25) is 0 Å². The predicted octanol–water partition coefficient (Wildman–Crippen LogP) is 2.58. The van der Waals surface area contributed by atoms with E-state index in [0.29, 0.717) is 0 Å². The van der Waals surface area contributed by atoms with E-state index in [1.807, 2.05) is 0 Å². The van der Waals surface area contributed by atoms with E-state index in [1.165, 1.54) is 11.1 Å². The molecule has 1 aromatic rings. The van der Waals surface area contributed by atoms with Gasteiger partial charge in [0.15, 0.2) is 6.29 Å². The Labute approximate surface area is 110 Å². The van der Waals surface area contributed by atoms with Gasteiger partial charge in [-0.1, -0.05) is 29.8 Å². The second-order valence-electron chi connectivity index (χ2n) is 5.04. The molecule has 0 aliphatic carbocycles. The third kappa shape index (κ3) is 4.41. The van der Waals surface area contributed by atoms with Crippen LogP contribution in [-0.2, 0) is 16.0 Å². The first-order valence-electron chi connectivity index (χ1n) is 6.71. The maximum atomic E-state index is 5.55. The lowest BCUT2D eigenvalue weighted by Gasteiger charge is -2.25. The highest BCUT2D eigenvalue weighted by atomic mass is 16.7. The van der Waals surface area contributed by atoms with E-state index in [-0.39, 0.29) is 6.29 Å². The fraction of sp³-hybridized carbons (Fsp3) is 0.600. The third-order valence-corrected chi connectivity index (χ3v) is 3.22. The van der Waals surface area contributed by atoms with Gasteiger partial charge in [0.1, 0.15) is 0 Å². The number of rotatable bonds is 5. The van der Waals surface area contributed by atoms with Crippen LogP contribution in [0, 0.1) is 6.92 Å². The van der Waals surface area contributed by atoms with Crippen LogP contribution < -0.4 is 0 Å². The molecule has 3 heteroatoms. The molecule has 0 atom stereocenters. The Morgan fingerprint density at radius 3 is 2.50 bits per heavy atom. The van der Waals surface area contributed by atoms with E-state index < -0.39 is 0 Å². The van der Waals surface area contributed by atoms with Crippen molar-refractivity contribution in [1.82, 2.24) is 4.90 Å². The summed E-state index contributed by atoms with van der Waals surface area (Å²) in [6, 6.07) is 8.71. The van der Waals surface area contributed by atoms with E-state index in [4.69, 9.17) is 9.47 Å².